The summed E-state index contributed by atoms with van der Waals surface area (Å²) in [6.45, 7) is -0.994. The Kier molecular flexibility index (Phi) is 7.85. The first-order valence-corrected chi connectivity index (χ1v) is 12.5. The number of carbonyl (C=O) groups is 1. The van der Waals surface area contributed by atoms with Gasteiger partial charge in [-0.2, -0.15) is 17.6 Å². The third kappa shape index (κ3) is 5.48. The van der Waals surface area contributed by atoms with Gasteiger partial charge in [-0.15, -0.1) is 0 Å². The van der Waals surface area contributed by atoms with Gasteiger partial charge in [0.1, 0.15) is 0 Å². The Morgan fingerprint density at radius 2 is 1.58 bits per heavy atom. The summed E-state index contributed by atoms with van der Waals surface area (Å²) in [4.78, 5) is 12.9. The van der Waals surface area contributed by atoms with Crippen LogP contribution < -0.4 is 9.47 Å². The molecular weight excluding hydrogens is 436 g/mol. The zero-order chi connectivity index (χ0) is 23.5. The number of halogens is 4. The molecule has 3 fully saturated rings. The van der Waals surface area contributed by atoms with Crippen molar-refractivity contribution < 1.29 is 31.8 Å². The van der Waals surface area contributed by atoms with Crippen LogP contribution in [0.1, 0.15) is 77.6 Å². The van der Waals surface area contributed by atoms with Crippen molar-refractivity contribution in [3.05, 3.63) is 23.8 Å². The van der Waals surface area contributed by atoms with Crippen LogP contribution in [0.2, 0.25) is 0 Å². The molecule has 0 N–H and O–H groups in total. The van der Waals surface area contributed by atoms with Crippen molar-refractivity contribution in [3.8, 4) is 11.5 Å². The first kappa shape index (κ1) is 24.3. The normalized spacial score (nSPS) is 32.3. The Bertz CT molecular complexity index is 822. The van der Waals surface area contributed by atoms with E-state index >= 15 is 0 Å². The number of ether oxygens (including phenoxy) is 2. The Morgan fingerprint density at radius 3 is 2.27 bits per heavy atom. The minimum Gasteiger partial charge on any atom is -0.432 e. The van der Waals surface area contributed by atoms with Crippen molar-refractivity contribution in [3.63, 3.8) is 0 Å². The first-order valence-electron chi connectivity index (χ1n) is 12.5. The molecule has 3 aliphatic rings. The molecule has 0 bridgehead atoms. The van der Waals surface area contributed by atoms with E-state index in [4.69, 9.17) is 4.74 Å². The summed E-state index contributed by atoms with van der Waals surface area (Å²) in [6.07, 6.45) is 12.6. The number of fused-ring (bicyclic) bond motifs is 1. The molecule has 0 heterocycles. The second-order valence-electron chi connectivity index (χ2n) is 10.2. The molecule has 3 saturated carbocycles. The van der Waals surface area contributed by atoms with Crippen molar-refractivity contribution in [1.29, 1.82) is 0 Å². The van der Waals surface area contributed by atoms with Crippen molar-refractivity contribution in [1.82, 2.24) is 0 Å². The molecule has 4 rings (SSSR count). The Labute approximate surface area is 193 Å². The molecule has 0 aromatic heterocycles. The highest BCUT2D eigenvalue weighted by molar-refractivity contribution is 5.75. The van der Waals surface area contributed by atoms with Crippen LogP contribution in [-0.2, 0) is 4.79 Å². The van der Waals surface area contributed by atoms with Gasteiger partial charge in [-0.05, 0) is 80.2 Å². The second kappa shape index (κ2) is 10.6. The summed E-state index contributed by atoms with van der Waals surface area (Å²) < 4.78 is 62.2. The summed E-state index contributed by atoms with van der Waals surface area (Å²) >= 11 is 0. The lowest BCUT2D eigenvalue weighted by atomic mass is 9.59. The fourth-order valence-electron chi connectivity index (χ4n) is 6.75. The fourth-order valence-corrected chi connectivity index (χ4v) is 6.75. The molecule has 4 unspecified atom stereocenters. The number of esters is 1. The summed E-state index contributed by atoms with van der Waals surface area (Å²) in [7, 11) is 0. The van der Waals surface area contributed by atoms with Crippen LogP contribution in [0.3, 0.4) is 0 Å². The quantitative estimate of drug-likeness (QED) is 0.245. The van der Waals surface area contributed by atoms with Crippen LogP contribution in [-0.4, -0.2) is 12.6 Å². The number of hydrogen-bond donors (Lipinski definition) is 0. The molecule has 7 heteroatoms. The summed E-state index contributed by atoms with van der Waals surface area (Å²) in [5.41, 5.74) is 0. The molecule has 0 amide bonds. The zero-order valence-electron chi connectivity index (χ0n) is 19.2. The van der Waals surface area contributed by atoms with Gasteiger partial charge in [0.25, 0.3) is 0 Å². The lowest BCUT2D eigenvalue weighted by molar-refractivity contribution is -0.144. The van der Waals surface area contributed by atoms with E-state index in [2.05, 4.69) is 11.7 Å². The van der Waals surface area contributed by atoms with Gasteiger partial charge in [-0.1, -0.05) is 39.0 Å². The molecule has 0 saturated heterocycles. The number of alkyl halides is 2. The van der Waals surface area contributed by atoms with Crippen molar-refractivity contribution in [2.45, 2.75) is 84.2 Å². The van der Waals surface area contributed by atoms with Crippen LogP contribution in [0.5, 0.6) is 11.5 Å². The lowest BCUT2D eigenvalue weighted by Crippen LogP contribution is -2.40. The Balaban J connectivity index is 1.37. The van der Waals surface area contributed by atoms with Crippen LogP contribution in [0.4, 0.5) is 17.6 Å². The predicted molar refractivity (Wildman–Crippen MR) is 116 cm³/mol. The number of benzene rings is 1. The Hall–Kier alpha value is -1.79. The smallest absolute Gasteiger partial charge is 0.387 e. The van der Waals surface area contributed by atoms with E-state index in [0.717, 1.165) is 62.0 Å². The van der Waals surface area contributed by atoms with Gasteiger partial charge in [-0.3, -0.25) is 4.79 Å². The topological polar surface area (TPSA) is 35.5 Å². The molecule has 4 atom stereocenters. The van der Waals surface area contributed by atoms with Gasteiger partial charge in [0.05, 0.1) is 5.92 Å². The van der Waals surface area contributed by atoms with Gasteiger partial charge in [0, 0.05) is 0 Å². The van der Waals surface area contributed by atoms with E-state index in [0.29, 0.717) is 12.3 Å². The zero-order valence-corrected chi connectivity index (χ0v) is 19.2. The largest absolute Gasteiger partial charge is 0.432 e. The number of carbonyl (C=O) groups excluding carboxylic acids is 1. The predicted octanol–water partition coefficient (Wildman–Crippen LogP) is 7.52. The first-order chi connectivity index (χ1) is 15.9. The van der Waals surface area contributed by atoms with E-state index < -0.39 is 35.7 Å². The van der Waals surface area contributed by atoms with Crippen LogP contribution in [0.15, 0.2) is 12.1 Å². The highest BCUT2D eigenvalue weighted by Gasteiger charge is 2.43. The fraction of sp³-hybridized carbons (Fsp3) is 0.731. The van der Waals surface area contributed by atoms with E-state index in [-0.39, 0.29) is 11.8 Å². The molecule has 0 radical (unpaired) electrons. The summed E-state index contributed by atoms with van der Waals surface area (Å²) in [6, 6.07) is 1.83. The summed E-state index contributed by atoms with van der Waals surface area (Å²) in [5, 5.41) is 0. The van der Waals surface area contributed by atoms with Crippen molar-refractivity contribution in [2.75, 3.05) is 0 Å². The highest BCUT2D eigenvalue weighted by atomic mass is 19.3. The average molecular weight is 471 g/mol. The average Bonchev–Trinajstić information content (AvgIpc) is 2.82. The Morgan fingerprint density at radius 1 is 0.909 bits per heavy atom. The number of hydrogen-bond acceptors (Lipinski definition) is 3. The summed E-state index contributed by atoms with van der Waals surface area (Å²) in [5.74, 6) is -2.35. The third-order valence-electron chi connectivity index (χ3n) is 8.56. The maximum absolute atomic E-state index is 14.3. The van der Waals surface area contributed by atoms with E-state index in [9.17, 15) is 22.4 Å². The maximum Gasteiger partial charge on any atom is 0.387 e. The van der Waals surface area contributed by atoms with Crippen molar-refractivity contribution >= 4 is 5.97 Å². The lowest BCUT2D eigenvalue weighted by Gasteiger charge is -2.46. The minimum atomic E-state index is -3.27. The van der Waals surface area contributed by atoms with E-state index in [1.165, 1.54) is 32.1 Å². The van der Waals surface area contributed by atoms with Gasteiger partial charge < -0.3 is 9.47 Å². The maximum atomic E-state index is 14.3. The van der Waals surface area contributed by atoms with Gasteiger partial charge in [0.2, 0.25) is 11.6 Å². The molecule has 0 spiro atoms. The highest BCUT2D eigenvalue weighted by Crippen LogP contribution is 2.50. The molecule has 3 nitrogen and oxygen atoms in total. The molecule has 184 valence electrons. The van der Waals surface area contributed by atoms with Crippen LogP contribution in [0.25, 0.3) is 0 Å². The minimum absolute atomic E-state index is 0.212. The van der Waals surface area contributed by atoms with Gasteiger partial charge >= 0.3 is 12.6 Å². The van der Waals surface area contributed by atoms with Crippen LogP contribution >= 0.6 is 0 Å². The molecule has 3 aliphatic carbocycles. The second-order valence-corrected chi connectivity index (χ2v) is 10.2. The SMILES string of the molecule is CCC1CCC(C2CCC3C(CCCC3C(=O)Oc3ccc(OC(F)F)c(F)c3F)C2)CC1. The molecule has 0 aliphatic heterocycles. The third-order valence-corrected chi connectivity index (χ3v) is 8.56. The van der Waals surface area contributed by atoms with Crippen LogP contribution in [0, 0.1) is 47.1 Å². The van der Waals surface area contributed by atoms with Crippen molar-refractivity contribution in [2.24, 2.45) is 35.5 Å². The monoisotopic (exact) mass is 470 g/mol. The standard InChI is InChI=1S/C26H34F4O3/c1-2-15-6-8-16(9-7-15)17-10-11-19-18(14-17)4-3-5-20(19)25(31)32-21-12-13-22(33-26(29)30)24(28)23(21)27/h12-13,15-20,26H,2-11,14H2,1H3. The molecule has 33 heavy (non-hydrogen) atoms. The van der Waals surface area contributed by atoms with Gasteiger partial charge in [-0.25, -0.2) is 0 Å². The van der Waals surface area contributed by atoms with E-state index in [1.807, 2.05) is 0 Å². The number of rotatable bonds is 6. The molecule has 1 aromatic rings. The van der Waals surface area contributed by atoms with Gasteiger partial charge in [0.15, 0.2) is 11.5 Å². The molecular formula is C26H34F4O3. The molecule has 1 aromatic carbocycles. The van der Waals surface area contributed by atoms with E-state index in [1.54, 1.807) is 0 Å².